The van der Waals surface area contributed by atoms with Gasteiger partial charge in [0.25, 0.3) is 5.91 Å². The maximum atomic E-state index is 14.0. The smallest absolute Gasteiger partial charge is 0.255 e. The molecular formula is C31H31BrClN5O3S. The number of allylic oxidation sites excluding steroid dienone is 1. The second-order valence-electron chi connectivity index (χ2n) is 10.1. The van der Waals surface area contributed by atoms with Gasteiger partial charge in [-0.05, 0) is 84.6 Å². The van der Waals surface area contributed by atoms with Crippen LogP contribution in [0.4, 0.5) is 11.6 Å². The van der Waals surface area contributed by atoms with Crippen molar-refractivity contribution in [2.45, 2.75) is 50.8 Å². The van der Waals surface area contributed by atoms with Crippen molar-refractivity contribution in [2.75, 3.05) is 17.7 Å². The number of aromatic nitrogens is 3. The molecule has 0 aliphatic carbocycles. The average Bonchev–Trinajstić information content (AvgIpc) is 3.36. The second-order valence-corrected chi connectivity index (χ2v) is 12.3. The van der Waals surface area contributed by atoms with Crippen molar-refractivity contribution >= 4 is 56.8 Å². The summed E-state index contributed by atoms with van der Waals surface area (Å²) in [6, 6.07) is 18.6. The van der Waals surface area contributed by atoms with Gasteiger partial charge in [0.05, 0.1) is 23.3 Å². The highest BCUT2D eigenvalue weighted by Crippen LogP contribution is 2.43. The molecule has 0 radical (unpaired) electrons. The average molecular weight is 669 g/mol. The summed E-state index contributed by atoms with van der Waals surface area (Å²) in [5.74, 6) is 2.01. The Balaban J connectivity index is 1.58. The SMILES string of the molecule is COc1cc(C2C(C(=O)Nc3ccccc3C)=C(C)Nc3nc(SCc4ccccc4Cl)nn32)cc(Br)c1OC(C)C. The maximum absolute atomic E-state index is 14.0. The van der Waals surface area contributed by atoms with Gasteiger partial charge in [0.1, 0.15) is 6.04 Å². The van der Waals surface area contributed by atoms with E-state index in [0.717, 1.165) is 22.4 Å². The Kier molecular flexibility index (Phi) is 9.15. The Labute approximate surface area is 263 Å². The summed E-state index contributed by atoms with van der Waals surface area (Å²) in [4.78, 5) is 18.7. The van der Waals surface area contributed by atoms with Crippen molar-refractivity contribution in [3.8, 4) is 11.5 Å². The summed E-state index contributed by atoms with van der Waals surface area (Å²) < 4.78 is 14.2. The molecule has 4 aromatic rings. The van der Waals surface area contributed by atoms with Crippen LogP contribution in [0.1, 0.15) is 43.5 Å². The van der Waals surface area contributed by atoms with E-state index in [-0.39, 0.29) is 12.0 Å². The summed E-state index contributed by atoms with van der Waals surface area (Å²) in [7, 11) is 1.60. The van der Waals surface area contributed by atoms with Crippen LogP contribution in [0, 0.1) is 6.92 Å². The lowest BCUT2D eigenvalue weighted by molar-refractivity contribution is -0.113. The molecule has 1 unspecified atom stereocenters. The number of rotatable bonds is 9. The maximum Gasteiger partial charge on any atom is 0.255 e. The normalized spacial score (nSPS) is 14.4. The van der Waals surface area contributed by atoms with Gasteiger partial charge in [-0.3, -0.25) is 4.79 Å². The van der Waals surface area contributed by atoms with Gasteiger partial charge >= 0.3 is 0 Å². The molecule has 0 bridgehead atoms. The Hall–Kier alpha value is -3.47. The van der Waals surface area contributed by atoms with E-state index in [0.29, 0.717) is 49.1 Å². The first kappa shape index (κ1) is 30.0. The van der Waals surface area contributed by atoms with Gasteiger partial charge in [0, 0.05) is 22.2 Å². The Morgan fingerprint density at radius 1 is 1.17 bits per heavy atom. The largest absolute Gasteiger partial charge is 0.493 e. The number of fused-ring (bicyclic) bond motifs is 1. The zero-order valence-corrected chi connectivity index (χ0v) is 27.0. The third-order valence-corrected chi connectivity index (χ3v) is 8.55. The van der Waals surface area contributed by atoms with Gasteiger partial charge in [0.15, 0.2) is 11.5 Å². The third kappa shape index (κ3) is 6.30. The van der Waals surface area contributed by atoms with Crippen molar-refractivity contribution in [1.29, 1.82) is 0 Å². The van der Waals surface area contributed by atoms with Crippen molar-refractivity contribution in [3.63, 3.8) is 0 Å². The minimum Gasteiger partial charge on any atom is -0.493 e. The molecule has 2 N–H and O–H groups in total. The van der Waals surface area contributed by atoms with E-state index in [1.54, 1.807) is 11.8 Å². The van der Waals surface area contributed by atoms with Crippen LogP contribution in [0.3, 0.4) is 0 Å². The summed E-state index contributed by atoms with van der Waals surface area (Å²) in [5.41, 5.74) is 4.64. The highest BCUT2D eigenvalue weighted by atomic mass is 79.9. The zero-order valence-electron chi connectivity index (χ0n) is 23.9. The first-order valence-electron chi connectivity index (χ1n) is 13.4. The van der Waals surface area contributed by atoms with Crippen LogP contribution in [0.2, 0.25) is 5.02 Å². The van der Waals surface area contributed by atoms with E-state index in [9.17, 15) is 4.79 Å². The molecule has 1 aliphatic rings. The fourth-order valence-corrected chi connectivity index (χ4v) is 6.37. The molecule has 8 nitrogen and oxygen atoms in total. The number of carbonyl (C=O) groups excluding carboxylic acids is 1. The van der Waals surface area contributed by atoms with Gasteiger partial charge in [-0.25, -0.2) is 4.68 Å². The van der Waals surface area contributed by atoms with Crippen LogP contribution in [0.25, 0.3) is 0 Å². The molecule has 218 valence electrons. The number of halogens is 2. The lowest BCUT2D eigenvalue weighted by Gasteiger charge is -2.29. The summed E-state index contributed by atoms with van der Waals surface area (Å²) >= 11 is 11.5. The van der Waals surface area contributed by atoms with Crippen LogP contribution >= 0.6 is 39.3 Å². The molecule has 0 saturated carbocycles. The minimum absolute atomic E-state index is 0.0582. The van der Waals surface area contributed by atoms with E-state index in [2.05, 4.69) is 26.6 Å². The Morgan fingerprint density at radius 2 is 1.90 bits per heavy atom. The topological polar surface area (TPSA) is 90.3 Å². The van der Waals surface area contributed by atoms with Crippen molar-refractivity contribution in [1.82, 2.24) is 14.8 Å². The number of hydrogen-bond acceptors (Lipinski definition) is 7. The van der Waals surface area contributed by atoms with Gasteiger partial charge in [-0.1, -0.05) is 59.8 Å². The van der Waals surface area contributed by atoms with E-state index in [4.69, 9.17) is 31.2 Å². The first-order valence-corrected chi connectivity index (χ1v) is 15.5. The number of aryl methyl sites for hydroxylation is 1. The van der Waals surface area contributed by atoms with E-state index in [1.807, 2.05) is 88.4 Å². The van der Waals surface area contributed by atoms with Crippen LogP contribution < -0.4 is 20.1 Å². The minimum atomic E-state index is -0.606. The number of nitrogens with zero attached hydrogens (tertiary/aromatic N) is 3. The molecule has 0 spiro atoms. The fraction of sp³-hybridized carbons (Fsp3) is 0.258. The Morgan fingerprint density at radius 3 is 2.62 bits per heavy atom. The Bertz CT molecular complexity index is 1670. The molecule has 1 atom stereocenters. The molecule has 1 aliphatic heterocycles. The number of methoxy groups -OCH3 is 1. The van der Waals surface area contributed by atoms with Crippen LogP contribution in [0.15, 0.2) is 81.6 Å². The van der Waals surface area contributed by atoms with E-state index < -0.39 is 6.04 Å². The molecule has 0 fully saturated rings. The van der Waals surface area contributed by atoms with Gasteiger partial charge in [-0.15, -0.1) is 5.10 Å². The zero-order chi connectivity index (χ0) is 30.0. The number of carbonyl (C=O) groups is 1. The predicted molar refractivity (Wildman–Crippen MR) is 172 cm³/mol. The summed E-state index contributed by atoms with van der Waals surface area (Å²) in [6.45, 7) is 7.74. The van der Waals surface area contributed by atoms with Crippen molar-refractivity contribution in [2.24, 2.45) is 0 Å². The van der Waals surface area contributed by atoms with Crippen LogP contribution in [-0.2, 0) is 10.5 Å². The number of amides is 1. The molecule has 42 heavy (non-hydrogen) atoms. The predicted octanol–water partition coefficient (Wildman–Crippen LogP) is 8.02. The molecular weight excluding hydrogens is 638 g/mol. The number of ether oxygens (including phenoxy) is 2. The van der Waals surface area contributed by atoms with Gasteiger partial charge in [0.2, 0.25) is 11.1 Å². The highest BCUT2D eigenvalue weighted by Gasteiger charge is 2.35. The molecule has 1 amide bonds. The first-order chi connectivity index (χ1) is 20.2. The standard InChI is InChI=1S/C31H31BrClN5O3S/c1-17(2)41-28-22(32)14-21(15-25(28)40-5)27-26(29(39)35-24-13-9-6-10-18(24)3)19(4)34-30-36-31(37-38(27)30)42-16-20-11-7-8-12-23(20)33/h6-15,17,27H,16H2,1-5H3,(H,35,39)(H,34,36,37). The van der Waals surface area contributed by atoms with E-state index >= 15 is 0 Å². The number of thioether (sulfide) groups is 1. The number of hydrogen-bond donors (Lipinski definition) is 2. The van der Waals surface area contributed by atoms with Crippen LogP contribution in [-0.4, -0.2) is 33.9 Å². The molecule has 5 rings (SSSR count). The monoisotopic (exact) mass is 667 g/mol. The van der Waals surface area contributed by atoms with Crippen molar-refractivity contribution in [3.05, 3.63) is 98.1 Å². The van der Waals surface area contributed by atoms with Crippen molar-refractivity contribution < 1.29 is 14.3 Å². The number of para-hydroxylation sites is 1. The number of benzene rings is 3. The molecule has 0 saturated heterocycles. The third-order valence-electron chi connectivity index (χ3n) is 6.71. The highest BCUT2D eigenvalue weighted by molar-refractivity contribution is 9.10. The summed E-state index contributed by atoms with van der Waals surface area (Å²) in [5, 5.41) is 12.5. The van der Waals surface area contributed by atoms with Crippen LogP contribution in [0.5, 0.6) is 11.5 Å². The second kappa shape index (κ2) is 12.8. The van der Waals surface area contributed by atoms with E-state index in [1.165, 1.54) is 11.8 Å². The molecule has 2 heterocycles. The van der Waals surface area contributed by atoms with Gasteiger partial charge < -0.3 is 20.1 Å². The molecule has 11 heteroatoms. The fourth-order valence-electron chi connectivity index (χ4n) is 4.70. The molecule has 1 aromatic heterocycles. The number of anilines is 2. The number of nitrogens with one attached hydrogen (secondary N) is 2. The quantitative estimate of drug-likeness (QED) is 0.175. The lowest BCUT2D eigenvalue weighted by Crippen LogP contribution is -2.31. The molecule has 3 aromatic carbocycles. The lowest BCUT2D eigenvalue weighted by atomic mass is 9.94. The van der Waals surface area contributed by atoms with Gasteiger partial charge in [-0.2, -0.15) is 4.98 Å². The summed E-state index contributed by atoms with van der Waals surface area (Å²) in [6.07, 6.45) is -0.0582.